The number of carbonyl (C=O) groups is 2. The number of benzene rings is 1. The molecule has 102 valence electrons. The van der Waals surface area contributed by atoms with E-state index >= 15 is 0 Å². The van der Waals surface area contributed by atoms with Gasteiger partial charge in [-0.2, -0.15) is 0 Å². The standard InChI is InChI=1S/C14H14ClFO3/c1-13(2,3)19-12(18)14(15)7-8-4-5-9(16)6-10(8)11(14)17/h4-6H,7H2,1-3H3/t14-/m0/s1. The average molecular weight is 285 g/mol. The highest BCUT2D eigenvalue weighted by molar-refractivity contribution is 6.49. The van der Waals surface area contributed by atoms with Crippen molar-refractivity contribution in [1.29, 1.82) is 0 Å². The van der Waals surface area contributed by atoms with Crippen LogP contribution in [-0.2, 0) is 16.0 Å². The molecule has 0 saturated heterocycles. The fraction of sp³-hybridized carbons (Fsp3) is 0.429. The van der Waals surface area contributed by atoms with E-state index in [1.165, 1.54) is 12.1 Å². The van der Waals surface area contributed by atoms with Gasteiger partial charge >= 0.3 is 5.97 Å². The molecular formula is C14H14ClFO3. The highest BCUT2D eigenvalue weighted by atomic mass is 35.5. The Balaban J connectivity index is 2.34. The van der Waals surface area contributed by atoms with Crippen molar-refractivity contribution in [2.75, 3.05) is 0 Å². The minimum absolute atomic E-state index is 0.0257. The van der Waals surface area contributed by atoms with Crippen LogP contribution >= 0.6 is 11.6 Å². The molecule has 0 fully saturated rings. The summed E-state index contributed by atoms with van der Waals surface area (Å²) in [7, 11) is 0. The molecular weight excluding hydrogens is 271 g/mol. The van der Waals surface area contributed by atoms with Crippen molar-refractivity contribution in [2.45, 2.75) is 37.7 Å². The minimum atomic E-state index is -1.77. The number of hydrogen-bond acceptors (Lipinski definition) is 3. The maximum atomic E-state index is 13.1. The average Bonchev–Trinajstić information content (AvgIpc) is 2.51. The zero-order valence-electron chi connectivity index (χ0n) is 10.9. The molecule has 19 heavy (non-hydrogen) atoms. The van der Waals surface area contributed by atoms with Crippen LogP contribution in [0.1, 0.15) is 36.7 Å². The SMILES string of the molecule is CC(C)(C)OC(=O)[C@]1(Cl)Cc2ccc(F)cc2C1=O. The number of carbonyl (C=O) groups excluding carboxylic acids is 2. The van der Waals surface area contributed by atoms with E-state index in [0.717, 1.165) is 6.07 Å². The summed E-state index contributed by atoms with van der Waals surface area (Å²) in [5.41, 5.74) is -0.0210. The van der Waals surface area contributed by atoms with E-state index in [1.807, 2.05) is 0 Å². The highest BCUT2D eigenvalue weighted by Gasteiger charge is 2.52. The van der Waals surface area contributed by atoms with Crippen LogP contribution in [0, 0.1) is 5.82 Å². The Bertz CT molecular complexity index is 562. The first-order valence-corrected chi connectivity index (χ1v) is 6.27. The third-order valence-electron chi connectivity index (χ3n) is 2.83. The third-order valence-corrected chi connectivity index (χ3v) is 3.29. The van der Waals surface area contributed by atoms with Crippen molar-refractivity contribution >= 4 is 23.4 Å². The van der Waals surface area contributed by atoms with Gasteiger partial charge in [-0.25, -0.2) is 9.18 Å². The van der Waals surface area contributed by atoms with Crippen LogP contribution < -0.4 is 0 Å². The topological polar surface area (TPSA) is 43.4 Å². The normalized spacial score (nSPS) is 22.3. The zero-order valence-corrected chi connectivity index (χ0v) is 11.7. The molecule has 1 aliphatic rings. The van der Waals surface area contributed by atoms with Crippen molar-refractivity contribution in [3.8, 4) is 0 Å². The molecule has 0 unspecified atom stereocenters. The zero-order chi connectivity index (χ0) is 14.4. The van der Waals surface area contributed by atoms with Crippen molar-refractivity contribution in [3.63, 3.8) is 0 Å². The summed E-state index contributed by atoms with van der Waals surface area (Å²) in [5, 5.41) is 0. The van der Waals surface area contributed by atoms with Gasteiger partial charge in [0.1, 0.15) is 11.4 Å². The Kier molecular flexibility index (Phi) is 3.17. The lowest BCUT2D eigenvalue weighted by molar-refractivity contribution is -0.156. The van der Waals surface area contributed by atoms with Gasteiger partial charge in [0, 0.05) is 12.0 Å². The molecule has 1 aromatic rings. The van der Waals surface area contributed by atoms with Crippen molar-refractivity contribution < 1.29 is 18.7 Å². The number of Topliss-reactive ketones (excluding diaryl/α,β-unsaturated/α-hetero) is 1. The lowest BCUT2D eigenvalue weighted by atomic mass is 10.0. The Morgan fingerprint density at radius 3 is 2.63 bits per heavy atom. The minimum Gasteiger partial charge on any atom is -0.458 e. The van der Waals surface area contributed by atoms with Gasteiger partial charge in [0.25, 0.3) is 0 Å². The summed E-state index contributed by atoms with van der Waals surface area (Å²) in [6.07, 6.45) is 0.0257. The second kappa shape index (κ2) is 4.30. The van der Waals surface area contributed by atoms with Gasteiger partial charge in [0.15, 0.2) is 5.78 Å². The van der Waals surface area contributed by atoms with Crippen LogP contribution in [0.2, 0.25) is 0 Å². The molecule has 0 spiro atoms. The number of halogens is 2. The molecule has 0 bridgehead atoms. The molecule has 0 N–H and O–H groups in total. The fourth-order valence-electron chi connectivity index (χ4n) is 1.99. The van der Waals surface area contributed by atoms with Gasteiger partial charge < -0.3 is 4.74 Å². The number of rotatable bonds is 1. The Morgan fingerprint density at radius 1 is 1.42 bits per heavy atom. The number of esters is 1. The van der Waals surface area contributed by atoms with E-state index in [-0.39, 0.29) is 12.0 Å². The van der Waals surface area contributed by atoms with E-state index < -0.39 is 28.0 Å². The summed E-state index contributed by atoms with van der Waals surface area (Å²) in [6, 6.07) is 3.81. The number of alkyl halides is 1. The van der Waals surface area contributed by atoms with E-state index in [1.54, 1.807) is 20.8 Å². The number of ketones is 1. The Hall–Kier alpha value is -1.42. The van der Waals surface area contributed by atoms with Gasteiger partial charge in [-0.15, -0.1) is 0 Å². The predicted molar refractivity (Wildman–Crippen MR) is 68.9 cm³/mol. The quantitative estimate of drug-likeness (QED) is 0.452. The summed E-state index contributed by atoms with van der Waals surface area (Å²) in [6.45, 7) is 5.08. The first-order valence-electron chi connectivity index (χ1n) is 5.89. The third kappa shape index (κ3) is 2.50. The van der Waals surface area contributed by atoms with Gasteiger partial charge in [0.05, 0.1) is 0 Å². The molecule has 1 aliphatic carbocycles. The number of fused-ring (bicyclic) bond motifs is 1. The van der Waals surface area contributed by atoms with Crippen LogP contribution in [0.3, 0.4) is 0 Å². The molecule has 1 atom stereocenters. The van der Waals surface area contributed by atoms with Gasteiger partial charge in [-0.3, -0.25) is 4.79 Å². The Labute approximate surface area is 115 Å². The highest BCUT2D eigenvalue weighted by Crippen LogP contribution is 2.37. The molecule has 0 saturated carbocycles. The van der Waals surface area contributed by atoms with E-state index in [9.17, 15) is 14.0 Å². The Morgan fingerprint density at radius 2 is 2.05 bits per heavy atom. The smallest absolute Gasteiger partial charge is 0.336 e. The maximum Gasteiger partial charge on any atom is 0.336 e. The molecule has 0 aromatic heterocycles. The molecule has 0 radical (unpaired) electrons. The van der Waals surface area contributed by atoms with Gasteiger partial charge in [-0.05, 0) is 38.5 Å². The lowest BCUT2D eigenvalue weighted by Gasteiger charge is -2.25. The fourth-order valence-corrected chi connectivity index (χ4v) is 2.28. The largest absolute Gasteiger partial charge is 0.458 e. The molecule has 3 nitrogen and oxygen atoms in total. The van der Waals surface area contributed by atoms with Crippen LogP contribution in [-0.4, -0.2) is 22.2 Å². The van der Waals surface area contributed by atoms with Crippen LogP contribution in [0.5, 0.6) is 0 Å². The second-order valence-corrected chi connectivity index (χ2v) is 6.26. The predicted octanol–water partition coefficient (Wildman–Crippen LogP) is 2.88. The second-order valence-electron chi connectivity index (χ2n) is 5.61. The summed E-state index contributed by atoms with van der Waals surface area (Å²) in [5.74, 6) is -1.92. The molecule has 0 aliphatic heterocycles. The summed E-state index contributed by atoms with van der Waals surface area (Å²) in [4.78, 5) is 22.5. The molecule has 0 amide bonds. The maximum absolute atomic E-state index is 13.1. The summed E-state index contributed by atoms with van der Waals surface area (Å²) >= 11 is 6.15. The van der Waals surface area contributed by atoms with Crippen molar-refractivity contribution in [3.05, 3.63) is 35.1 Å². The number of hydrogen-bond donors (Lipinski definition) is 0. The molecule has 0 heterocycles. The van der Waals surface area contributed by atoms with E-state index in [2.05, 4.69) is 0 Å². The molecule has 2 rings (SSSR count). The van der Waals surface area contributed by atoms with Crippen LogP contribution in [0.15, 0.2) is 18.2 Å². The first-order chi connectivity index (χ1) is 8.63. The van der Waals surface area contributed by atoms with E-state index in [4.69, 9.17) is 16.3 Å². The van der Waals surface area contributed by atoms with Crippen LogP contribution in [0.25, 0.3) is 0 Å². The number of ether oxygens (including phenoxy) is 1. The van der Waals surface area contributed by atoms with Crippen molar-refractivity contribution in [2.24, 2.45) is 0 Å². The molecule has 5 heteroatoms. The lowest BCUT2D eigenvalue weighted by Crippen LogP contribution is -2.43. The summed E-state index contributed by atoms with van der Waals surface area (Å²) < 4.78 is 18.3. The monoisotopic (exact) mass is 284 g/mol. The van der Waals surface area contributed by atoms with E-state index in [0.29, 0.717) is 5.56 Å². The van der Waals surface area contributed by atoms with Crippen molar-refractivity contribution in [1.82, 2.24) is 0 Å². The molecule has 1 aromatic carbocycles. The van der Waals surface area contributed by atoms with Crippen LogP contribution in [0.4, 0.5) is 4.39 Å². The van der Waals surface area contributed by atoms with Gasteiger partial charge in [-0.1, -0.05) is 17.7 Å². The first kappa shape index (κ1) is 14.0. The van der Waals surface area contributed by atoms with Gasteiger partial charge in [0.2, 0.25) is 4.87 Å².